The average molecular weight is 278 g/mol. The molecule has 0 saturated heterocycles. The number of aryl methyl sites for hydroxylation is 3. The molecule has 0 aliphatic rings. The molecule has 2 aromatic heterocycles. The predicted molar refractivity (Wildman–Crippen MR) is 82.7 cm³/mol. The summed E-state index contributed by atoms with van der Waals surface area (Å²) < 4.78 is 3.99. The number of hydrogen-bond donors (Lipinski definition) is 1. The summed E-state index contributed by atoms with van der Waals surface area (Å²) in [5, 5.41) is 4.51. The van der Waals surface area contributed by atoms with Gasteiger partial charge in [-0.15, -0.1) is 0 Å². The molecule has 112 valence electrons. The van der Waals surface area contributed by atoms with Crippen molar-refractivity contribution in [3.8, 4) is 0 Å². The fraction of sp³-hybridized carbons (Fsp3) is 0.714. The molecular weight excluding hydrogens is 252 g/mol. The molecule has 0 radical (unpaired) electrons. The Labute approximate surface area is 120 Å². The summed E-state index contributed by atoms with van der Waals surface area (Å²) in [6.07, 6.45) is 1.96. The second-order valence-corrected chi connectivity index (χ2v) is 5.10. The van der Waals surface area contributed by atoms with Gasteiger partial charge in [0.2, 0.25) is 5.95 Å². The molecule has 2 rings (SSSR count). The van der Waals surface area contributed by atoms with Crippen LogP contribution in [0.3, 0.4) is 0 Å². The summed E-state index contributed by atoms with van der Waals surface area (Å²) in [4.78, 5) is 6.91. The Morgan fingerprint density at radius 1 is 1.20 bits per heavy atom. The monoisotopic (exact) mass is 278 g/mol. The van der Waals surface area contributed by atoms with Crippen molar-refractivity contribution >= 4 is 17.1 Å². The highest BCUT2D eigenvalue weighted by atomic mass is 15.3. The minimum Gasteiger partial charge on any atom is -0.369 e. The average Bonchev–Trinajstić information content (AvgIpc) is 2.92. The van der Waals surface area contributed by atoms with E-state index >= 15 is 0 Å². The largest absolute Gasteiger partial charge is 0.369 e. The fourth-order valence-electron chi connectivity index (χ4n) is 2.71. The van der Waals surface area contributed by atoms with Crippen LogP contribution in [0.25, 0.3) is 11.2 Å². The molecule has 0 unspecified atom stereocenters. The van der Waals surface area contributed by atoms with Crippen molar-refractivity contribution in [1.29, 1.82) is 0 Å². The molecule has 0 amide bonds. The van der Waals surface area contributed by atoms with Gasteiger partial charge in [0.1, 0.15) is 5.52 Å². The van der Waals surface area contributed by atoms with E-state index < -0.39 is 0 Å². The zero-order chi connectivity index (χ0) is 14.7. The Hall–Kier alpha value is -1.56. The van der Waals surface area contributed by atoms with Crippen LogP contribution in [0.15, 0.2) is 0 Å². The van der Waals surface area contributed by atoms with Gasteiger partial charge in [-0.05, 0) is 32.5 Å². The van der Waals surface area contributed by atoms with Crippen molar-refractivity contribution in [2.75, 3.05) is 25.4 Å². The molecule has 0 atom stereocenters. The van der Waals surface area contributed by atoms with E-state index in [0.29, 0.717) is 5.95 Å². The molecule has 0 aromatic carbocycles. The topological polar surface area (TPSA) is 64.9 Å². The maximum atomic E-state index is 6.07. The smallest absolute Gasteiger partial charge is 0.202 e. The number of nitrogens with zero attached hydrogens (tertiary/aromatic N) is 5. The lowest BCUT2D eigenvalue weighted by atomic mass is 10.3. The van der Waals surface area contributed by atoms with Crippen LogP contribution < -0.4 is 5.73 Å². The molecule has 6 nitrogen and oxygen atoms in total. The third-order valence-corrected chi connectivity index (χ3v) is 3.91. The first-order chi connectivity index (χ1) is 9.62. The zero-order valence-electron chi connectivity index (χ0n) is 13.1. The van der Waals surface area contributed by atoms with Crippen LogP contribution in [0.5, 0.6) is 0 Å². The molecule has 0 fully saturated rings. The molecule has 0 saturated carbocycles. The summed E-state index contributed by atoms with van der Waals surface area (Å²) >= 11 is 0. The number of nitrogens with two attached hydrogens (primary N) is 1. The normalized spacial score (nSPS) is 11.8. The van der Waals surface area contributed by atoms with Crippen molar-refractivity contribution < 1.29 is 0 Å². The van der Waals surface area contributed by atoms with Crippen LogP contribution in [0.4, 0.5) is 5.95 Å². The summed E-state index contributed by atoms with van der Waals surface area (Å²) in [7, 11) is 1.96. The van der Waals surface area contributed by atoms with Crippen LogP contribution in [0.1, 0.15) is 32.9 Å². The van der Waals surface area contributed by atoms with Gasteiger partial charge in [0.25, 0.3) is 0 Å². The van der Waals surface area contributed by atoms with Crippen LogP contribution in [0.2, 0.25) is 0 Å². The lowest BCUT2D eigenvalue weighted by Crippen LogP contribution is -2.25. The lowest BCUT2D eigenvalue weighted by molar-refractivity contribution is 0.294. The Balaban J connectivity index is 2.17. The number of anilines is 1. The van der Waals surface area contributed by atoms with E-state index in [4.69, 9.17) is 5.73 Å². The number of nitrogen functional groups attached to an aromatic ring is 1. The van der Waals surface area contributed by atoms with E-state index in [2.05, 4.69) is 40.3 Å². The summed E-state index contributed by atoms with van der Waals surface area (Å²) in [5.41, 5.74) is 9.09. The third-order valence-electron chi connectivity index (χ3n) is 3.91. The molecule has 20 heavy (non-hydrogen) atoms. The quantitative estimate of drug-likeness (QED) is 0.836. The van der Waals surface area contributed by atoms with E-state index in [1.54, 1.807) is 0 Å². The van der Waals surface area contributed by atoms with Crippen LogP contribution >= 0.6 is 0 Å². The second kappa shape index (κ2) is 6.26. The van der Waals surface area contributed by atoms with Crippen molar-refractivity contribution in [2.45, 2.75) is 40.2 Å². The first-order valence-corrected chi connectivity index (χ1v) is 7.52. The highest BCUT2D eigenvalue weighted by Crippen LogP contribution is 2.21. The van der Waals surface area contributed by atoms with Gasteiger partial charge in [-0.3, -0.25) is 9.25 Å². The van der Waals surface area contributed by atoms with E-state index in [0.717, 1.165) is 55.9 Å². The predicted octanol–water partition coefficient (Wildman–Crippen LogP) is 1.65. The molecule has 0 aliphatic heterocycles. The van der Waals surface area contributed by atoms with Gasteiger partial charge in [0.15, 0.2) is 5.65 Å². The Morgan fingerprint density at radius 3 is 2.50 bits per heavy atom. The molecule has 0 spiro atoms. The van der Waals surface area contributed by atoms with Crippen molar-refractivity contribution in [2.24, 2.45) is 7.05 Å². The van der Waals surface area contributed by atoms with Gasteiger partial charge in [-0.2, -0.15) is 5.10 Å². The third kappa shape index (κ3) is 2.65. The van der Waals surface area contributed by atoms with Crippen molar-refractivity contribution in [3.63, 3.8) is 0 Å². The first-order valence-electron chi connectivity index (χ1n) is 7.52. The number of fused-ring (bicyclic) bond motifs is 1. The van der Waals surface area contributed by atoms with Crippen LogP contribution in [0, 0.1) is 0 Å². The fourth-order valence-corrected chi connectivity index (χ4v) is 2.71. The molecule has 0 aliphatic carbocycles. The first kappa shape index (κ1) is 14.8. The highest BCUT2D eigenvalue weighted by molar-refractivity contribution is 5.77. The van der Waals surface area contributed by atoms with Gasteiger partial charge < -0.3 is 10.6 Å². The maximum absolute atomic E-state index is 6.07. The van der Waals surface area contributed by atoms with Gasteiger partial charge in [-0.25, -0.2) is 4.98 Å². The van der Waals surface area contributed by atoms with E-state index in [1.807, 2.05) is 11.7 Å². The van der Waals surface area contributed by atoms with Crippen LogP contribution in [-0.4, -0.2) is 43.9 Å². The van der Waals surface area contributed by atoms with Gasteiger partial charge in [-0.1, -0.05) is 20.8 Å². The van der Waals surface area contributed by atoms with E-state index in [1.165, 1.54) is 0 Å². The summed E-state index contributed by atoms with van der Waals surface area (Å²) in [6.45, 7) is 10.7. The zero-order valence-corrected chi connectivity index (χ0v) is 13.1. The molecule has 2 N–H and O–H groups in total. The SMILES string of the molecule is CCc1nn(C)c2c1nc(N)n2CCCN(CC)CC. The van der Waals surface area contributed by atoms with Crippen molar-refractivity contribution in [1.82, 2.24) is 24.2 Å². The van der Waals surface area contributed by atoms with E-state index in [9.17, 15) is 0 Å². The molecule has 2 aromatic rings. The van der Waals surface area contributed by atoms with Crippen LogP contribution in [-0.2, 0) is 20.0 Å². The second-order valence-electron chi connectivity index (χ2n) is 5.10. The van der Waals surface area contributed by atoms with Gasteiger partial charge in [0.05, 0.1) is 5.69 Å². The Bertz CT molecular complexity index is 564. The van der Waals surface area contributed by atoms with E-state index in [-0.39, 0.29) is 0 Å². The minimum absolute atomic E-state index is 0.599. The number of hydrogen-bond acceptors (Lipinski definition) is 4. The molecule has 2 heterocycles. The van der Waals surface area contributed by atoms with Gasteiger partial charge in [0, 0.05) is 13.6 Å². The standard InChI is InChI=1S/C14H26N6/c1-5-11-12-13(18(4)17-11)20(14(15)16-12)10-8-9-19(6-2)7-3/h5-10H2,1-4H3,(H2,15,16). The van der Waals surface area contributed by atoms with Gasteiger partial charge >= 0.3 is 0 Å². The number of aromatic nitrogens is 4. The number of rotatable bonds is 7. The maximum Gasteiger partial charge on any atom is 0.202 e. The van der Waals surface area contributed by atoms with Crippen molar-refractivity contribution in [3.05, 3.63) is 5.69 Å². The summed E-state index contributed by atoms with van der Waals surface area (Å²) in [6, 6.07) is 0. The lowest BCUT2D eigenvalue weighted by Gasteiger charge is -2.18. The summed E-state index contributed by atoms with van der Waals surface area (Å²) in [5.74, 6) is 0.599. The number of imidazole rings is 1. The minimum atomic E-state index is 0.599. The molecular formula is C14H26N6. The molecule has 6 heteroatoms. The Morgan fingerprint density at radius 2 is 1.90 bits per heavy atom. The Kier molecular flexibility index (Phi) is 4.65. The highest BCUT2D eigenvalue weighted by Gasteiger charge is 2.16. The molecule has 0 bridgehead atoms.